The van der Waals surface area contributed by atoms with Gasteiger partial charge in [0.1, 0.15) is 0 Å². The summed E-state index contributed by atoms with van der Waals surface area (Å²) >= 11 is 0. The molecule has 1 unspecified atom stereocenters. The minimum atomic E-state index is -0.718. The Labute approximate surface area is 85.3 Å². The van der Waals surface area contributed by atoms with E-state index in [1.165, 1.54) is 5.57 Å². The molecule has 1 rings (SSSR count). The van der Waals surface area contributed by atoms with Gasteiger partial charge in [-0.05, 0) is 18.3 Å². The molecule has 2 heteroatoms. The van der Waals surface area contributed by atoms with Gasteiger partial charge >= 0.3 is 5.97 Å². The van der Waals surface area contributed by atoms with Crippen LogP contribution in [0.25, 0.3) is 0 Å². The van der Waals surface area contributed by atoms with Crippen molar-refractivity contribution in [2.24, 2.45) is 5.41 Å². The van der Waals surface area contributed by atoms with E-state index in [4.69, 9.17) is 5.11 Å². The molecule has 1 atom stereocenters. The molecule has 1 aliphatic rings. The summed E-state index contributed by atoms with van der Waals surface area (Å²) in [6, 6.07) is 0. The zero-order chi connectivity index (χ0) is 10.6. The van der Waals surface area contributed by atoms with Gasteiger partial charge in [0.05, 0.1) is 6.42 Å². The van der Waals surface area contributed by atoms with E-state index >= 15 is 0 Å². The molecule has 1 N–H and O–H groups in total. The van der Waals surface area contributed by atoms with Crippen LogP contribution in [-0.4, -0.2) is 11.1 Å². The second-order valence-corrected chi connectivity index (χ2v) is 4.29. The zero-order valence-electron chi connectivity index (χ0n) is 8.92. The molecule has 0 saturated carbocycles. The van der Waals surface area contributed by atoms with Gasteiger partial charge in [-0.3, -0.25) is 4.79 Å². The van der Waals surface area contributed by atoms with Crippen molar-refractivity contribution in [1.82, 2.24) is 0 Å². The second kappa shape index (κ2) is 4.45. The van der Waals surface area contributed by atoms with Gasteiger partial charge in [0.15, 0.2) is 0 Å². The maximum atomic E-state index is 10.6. The Bertz CT molecular complexity index is 276. The van der Waals surface area contributed by atoms with Crippen LogP contribution in [0.15, 0.2) is 23.8 Å². The molecule has 0 aromatic heterocycles. The van der Waals surface area contributed by atoms with Crippen molar-refractivity contribution in [2.45, 2.75) is 39.5 Å². The smallest absolute Gasteiger partial charge is 0.304 e. The number of aliphatic carboxylic acids is 1. The van der Waals surface area contributed by atoms with Crippen molar-refractivity contribution in [1.29, 1.82) is 0 Å². The molecule has 0 fully saturated rings. The topological polar surface area (TPSA) is 37.3 Å². The summed E-state index contributed by atoms with van der Waals surface area (Å²) in [7, 11) is 0. The second-order valence-electron chi connectivity index (χ2n) is 4.29. The lowest BCUT2D eigenvalue weighted by Crippen LogP contribution is -2.19. The van der Waals surface area contributed by atoms with Crippen LogP contribution in [0.3, 0.4) is 0 Å². The SMILES string of the molecule is CCCC1=CCC(C)(CC(=O)O)C=C1. The molecule has 78 valence electrons. The summed E-state index contributed by atoms with van der Waals surface area (Å²) in [6.07, 6.45) is 9.62. The van der Waals surface area contributed by atoms with E-state index < -0.39 is 5.97 Å². The molecule has 0 aromatic carbocycles. The van der Waals surface area contributed by atoms with Gasteiger partial charge in [0.25, 0.3) is 0 Å². The number of allylic oxidation sites excluding steroid dienone is 4. The van der Waals surface area contributed by atoms with Gasteiger partial charge < -0.3 is 5.11 Å². The van der Waals surface area contributed by atoms with Crippen molar-refractivity contribution in [3.8, 4) is 0 Å². The quantitative estimate of drug-likeness (QED) is 0.746. The summed E-state index contributed by atoms with van der Waals surface area (Å²) < 4.78 is 0. The van der Waals surface area contributed by atoms with Crippen LogP contribution in [0.1, 0.15) is 39.5 Å². The fourth-order valence-electron chi connectivity index (χ4n) is 1.76. The van der Waals surface area contributed by atoms with Crippen LogP contribution >= 0.6 is 0 Å². The van der Waals surface area contributed by atoms with Crippen molar-refractivity contribution in [3.63, 3.8) is 0 Å². The molecule has 0 bridgehead atoms. The Morgan fingerprint density at radius 1 is 1.64 bits per heavy atom. The fraction of sp³-hybridized carbons (Fsp3) is 0.583. The molecule has 1 aliphatic carbocycles. The largest absolute Gasteiger partial charge is 0.481 e. The van der Waals surface area contributed by atoms with Crippen LogP contribution in [-0.2, 0) is 4.79 Å². The van der Waals surface area contributed by atoms with Crippen molar-refractivity contribution < 1.29 is 9.90 Å². The number of rotatable bonds is 4. The summed E-state index contributed by atoms with van der Waals surface area (Å²) in [5, 5.41) is 8.75. The van der Waals surface area contributed by atoms with Crippen LogP contribution in [0, 0.1) is 5.41 Å². The lowest BCUT2D eigenvalue weighted by molar-refractivity contribution is -0.138. The highest BCUT2D eigenvalue weighted by Crippen LogP contribution is 2.33. The monoisotopic (exact) mass is 194 g/mol. The normalized spacial score (nSPS) is 26.0. The first kappa shape index (κ1) is 11.0. The van der Waals surface area contributed by atoms with E-state index in [2.05, 4.69) is 19.1 Å². The first-order chi connectivity index (χ1) is 6.56. The van der Waals surface area contributed by atoms with Crippen molar-refractivity contribution in [3.05, 3.63) is 23.8 Å². The molecule has 0 radical (unpaired) electrons. The molecule has 0 aromatic rings. The Hall–Kier alpha value is -1.05. The standard InChI is InChI=1S/C12H18O2/c1-3-4-10-5-7-12(2,8-6-10)9-11(13)14/h5-7H,3-4,8-9H2,1-2H3,(H,13,14). The third-order valence-electron chi connectivity index (χ3n) is 2.62. The van der Waals surface area contributed by atoms with Gasteiger partial charge in [-0.1, -0.05) is 44.1 Å². The van der Waals surface area contributed by atoms with Crippen LogP contribution < -0.4 is 0 Å². The van der Waals surface area contributed by atoms with E-state index in [1.807, 2.05) is 13.0 Å². The zero-order valence-corrected chi connectivity index (χ0v) is 8.92. The predicted octanol–water partition coefficient (Wildman–Crippen LogP) is 3.15. The van der Waals surface area contributed by atoms with Crippen molar-refractivity contribution >= 4 is 5.97 Å². The Morgan fingerprint density at radius 2 is 2.36 bits per heavy atom. The number of carbonyl (C=O) groups is 1. The minimum Gasteiger partial charge on any atom is -0.481 e. The molecular weight excluding hydrogens is 176 g/mol. The molecule has 0 heterocycles. The average molecular weight is 194 g/mol. The van der Waals surface area contributed by atoms with E-state index in [0.717, 1.165) is 19.3 Å². The number of hydrogen-bond donors (Lipinski definition) is 1. The minimum absolute atomic E-state index is 0.178. The third-order valence-corrected chi connectivity index (χ3v) is 2.62. The molecule has 2 nitrogen and oxygen atoms in total. The van der Waals surface area contributed by atoms with Gasteiger partial charge in [0.2, 0.25) is 0 Å². The van der Waals surface area contributed by atoms with E-state index in [1.54, 1.807) is 0 Å². The van der Waals surface area contributed by atoms with Crippen LogP contribution in [0.4, 0.5) is 0 Å². The number of carboxylic acid groups (broad SMARTS) is 1. The molecule has 0 amide bonds. The fourth-order valence-corrected chi connectivity index (χ4v) is 1.76. The summed E-state index contributed by atoms with van der Waals surface area (Å²) in [4.78, 5) is 10.6. The maximum Gasteiger partial charge on any atom is 0.304 e. The Balaban J connectivity index is 2.58. The van der Waals surface area contributed by atoms with Gasteiger partial charge in [-0.2, -0.15) is 0 Å². The van der Waals surface area contributed by atoms with E-state index in [-0.39, 0.29) is 11.8 Å². The van der Waals surface area contributed by atoms with Crippen LogP contribution in [0.5, 0.6) is 0 Å². The Kier molecular flexibility index (Phi) is 3.50. The highest BCUT2D eigenvalue weighted by Gasteiger charge is 2.25. The summed E-state index contributed by atoms with van der Waals surface area (Å²) in [5.41, 5.74) is 1.17. The number of hydrogen-bond acceptors (Lipinski definition) is 1. The Morgan fingerprint density at radius 3 is 2.79 bits per heavy atom. The summed E-state index contributed by atoms with van der Waals surface area (Å²) in [5.74, 6) is -0.718. The molecule has 0 spiro atoms. The maximum absolute atomic E-state index is 10.6. The first-order valence-corrected chi connectivity index (χ1v) is 5.16. The molecule has 14 heavy (non-hydrogen) atoms. The van der Waals surface area contributed by atoms with Crippen molar-refractivity contribution in [2.75, 3.05) is 0 Å². The molecular formula is C12H18O2. The van der Waals surface area contributed by atoms with Gasteiger partial charge in [-0.15, -0.1) is 0 Å². The molecule has 0 saturated heterocycles. The number of carboxylic acids is 1. The van der Waals surface area contributed by atoms with E-state index in [0.29, 0.717) is 0 Å². The highest BCUT2D eigenvalue weighted by atomic mass is 16.4. The molecule has 0 aliphatic heterocycles. The summed E-state index contributed by atoms with van der Waals surface area (Å²) in [6.45, 7) is 4.15. The lowest BCUT2D eigenvalue weighted by Gasteiger charge is -2.26. The van der Waals surface area contributed by atoms with Crippen LogP contribution in [0.2, 0.25) is 0 Å². The highest BCUT2D eigenvalue weighted by molar-refractivity contribution is 5.68. The van der Waals surface area contributed by atoms with Gasteiger partial charge in [-0.25, -0.2) is 0 Å². The third kappa shape index (κ3) is 3.02. The van der Waals surface area contributed by atoms with E-state index in [9.17, 15) is 4.79 Å². The van der Waals surface area contributed by atoms with Gasteiger partial charge in [0, 0.05) is 0 Å². The predicted molar refractivity (Wildman–Crippen MR) is 57.1 cm³/mol. The average Bonchev–Trinajstić information content (AvgIpc) is 2.08. The first-order valence-electron chi connectivity index (χ1n) is 5.16. The lowest BCUT2D eigenvalue weighted by atomic mass is 9.79.